The van der Waals surface area contributed by atoms with Crippen LogP contribution < -0.4 is 4.18 Å². The second-order valence-electron chi connectivity index (χ2n) is 2.61. The molecule has 0 aliphatic carbocycles. The zero-order chi connectivity index (χ0) is 14.4. The second kappa shape index (κ2) is 12.1. The highest BCUT2D eigenvalue weighted by molar-refractivity contribution is 7.81. The molecule has 0 fully saturated rings. The van der Waals surface area contributed by atoms with Gasteiger partial charge in [0.15, 0.2) is 0 Å². The van der Waals surface area contributed by atoms with E-state index < -0.39 is 10.4 Å². The highest BCUT2D eigenvalue weighted by Crippen LogP contribution is 2.09. The van der Waals surface area contributed by atoms with Gasteiger partial charge in [-0.2, -0.15) is 8.42 Å². The number of benzene rings is 1. The smallest absolute Gasteiger partial charge is 0.382 e. The first-order valence-electron chi connectivity index (χ1n) is 5.29. The van der Waals surface area contributed by atoms with Crippen LogP contribution in [-0.4, -0.2) is 26.2 Å². The third-order valence-corrected chi connectivity index (χ3v) is 1.76. The Bertz CT molecular complexity index is 373. The molecule has 0 bridgehead atoms. The van der Waals surface area contributed by atoms with Crippen LogP contribution in [0.1, 0.15) is 13.8 Å². The third kappa shape index (κ3) is 14.6. The van der Waals surface area contributed by atoms with Crippen molar-refractivity contribution in [1.82, 2.24) is 0 Å². The minimum absolute atomic E-state index is 0.0926. The Labute approximate surface area is 109 Å². The lowest BCUT2D eigenvalue weighted by Crippen LogP contribution is -2.06. The first-order chi connectivity index (χ1) is 8.49. The van der Waals surface area contributed by atoms with Crippen LogP contribution in [-0.2, 0) is 15.1 Å². The van der Waals surface area contributed by atoms with E-state index in [4.69, 9.17) is 9.29 Å². The minimum Gasteiger partial charge on any atom is -0.382 e. The monoisotopic (exact) mass is 276 g/mol. The number of rotatable bonds is 4. The van der Waals surface area contributed by atoms with E-state index in [1.54, 1.807) is 18.2 Å². The molecule has 0 saturated carbocycles. The van der Waals surface area contributed by atoms with Gasteiger partial charge in [0.05, 0.1) is 0 Å². The fourth-order valence-electron chi connectivity index (χ4n) is 0.802. The molecule has 0 aliphatic heterocycles. The summed E-state index contributed by atoms with van der Waals surface area (Å²) < 4.78 is 37.5. The molecule has 18 heavy (non-hydrogen) atoms. The maximum atomic E-state index is 10.1. The van der Waals surface area contributed by atoms with Crippen molar-refractivity contribution < 1.29 is 21.9 Å². The quantitative estimate of drug-likeness (QED) is 0.676. The molecule has 5 nitrogen and oxygen atoms in total. The van der Waals surface area contributed by atoms with Crippen LogP contribution in [0.4, 0.5) is 0 Å². The summed E-state index contributed by atoms with van der Waals surface area (Å²) in [5.74, 6) is 0.0926. The Morgan fingerprint density at radius 2 is 1.56 bits per heavy atom. The van der Waals surface area contributed by atoms with Crippen LogP contribution in [0.25, 0.3) is 0 Å². The fraction of sp³-hybridized carbons (Fsp3) is 0.333. The molecule has 1 aromatic rings. The molecule has 0 aromatic heterocycles. The molecule has 0 spiro atoms. The molecule has 1 N–H and O–H groups in total. The first kappa shape index (κ1) is 19.0. The van der Waals surface area contributed by atoms with Crippen LogP contribution >= 0.6 is 0 Å². The van der Waals surface area contributed by atoms with Gasteiger partial charge >= 0.3 is 10.4 Å². The van der Waals surface area contributed by atoms with Gasteiger partial charge in [0.25, 0.3) is 0 Å². The van der Waals surface area contributed by atoms with Gasteiger partial charge in [0, 0.05) is 13.2 Å². The van der Waals surface area contributed by atoms with Gasteiger partial charge in [-0.25, -0.2) is 0 Å². The van der Waals surface area contributed by atoms with Crippen LogP contribution in [0, 0.1) is 0 Å². The Balaban J connectivity index is 0. The van der Waals surface area contributed by atoms with Crippen molar-refractivity contribution in [1.29, 1.82) is 0 Å². The SMILES string of the molecule is C=C.CCOCC.O=S(=O)(O)Oc1ccccc1. The average molecular weight is 276 g/mol. The van der Waals surface area contributed by atoms with E-state index in [1.165, 1.54) is 12.1 Å². The van der Waals surface area contributed by atoms with Gasteiger partial charge in [-0.3, -0.25) is 4.55 Å². The Morgan fingerprint density at radius 3 is 1.83 bits per heavy atom. The zero-order valence-electron chi connectivity index (χ0n) is 10.7. The summed E-state index contributed by atoms with van der Waals surface area (Å²) in [7, 11) is -4.38. The maximum absolute atomic E-state index is 10.1. The van der Waals surface area contributed by atoms with Gasteiger partial charge in [0.2, 0.25) is 0 Å². The molecule has 0 heterocycles. The highest BCUT2D eigenvalue weighted by Gasteiger charge is 2.04. The van der Waals surface area contributed by atoms with E-state index in [-0.39, 0.29) is 5.75 Å². The van der Waals surface area contributed by atoms with E-state index >= 15 is 0 Å². The molecule has 1 aromatic carbocycles. The largest absolute Gasteiger partial charge is 0.446 e. The molecule has 0 atom stereocenters. The summed E-state index contributed by atoms with van der Waals surface area (Å²) in [4.78, 5) is 0. The number of hydrogen-bond acceptors (Lipinski definition) is 4. The summed E-state index contributed by atoms with van der Waals surface area (Å²) in [5, 5.41) is 0. The Hall–Kier alpha value is -1.37. The van der Waals surface area contributed by atoms with E-state index in [2.05, 4.69) is 17.3 Å². The van der Waals surface area contributed by atoms with Crippen molar-refractivity contribution in [2.45, 2.75) is 13.8 Å². The third-order valence-electron chi connectivity index (χ3n) is 1.35. The average Bonchev–Trinajstić information content (AvgIpc) is 2.32. The lowest BCUT2D eigenvalue weighted by Gasteiger charge is -1.98. The Kier molecular flexibility index (Phi) is 12.8. The topological polar surface area (TPSA) is 72.8 Å². The molecule has 6 heteroatoms. The summed E-state index contributed by atoms with van der Waals surface area (Å²) in [6, 6.07) is 7.75. The van der Waals surface area contributed by atoms with Gasteiger partial charge in [0.1, 0.15) is 5.75 Å². The number of ether oxygens (including phenoxy) is 1. The molecule has 0 amide bonds. The highest BCUT2D eigenvalue weighted by atomic mass is 32.3. The van der Waals surface area contributed by atoms with Crippen molar-refractivity contribution in [3.8, 4) is 5.75 Å². The van der Waals surface area contributed by atoms with Gasteiger partial charge in [-0.05, 0) is 26.0 Å². The van der Waals surface area contributed by atoms with Gasteiger partial charge < -0.3 is 8.92 Å². The zero-order valence-corrected chi connectivity index (χ0v) is 11.5. The lowest BCUT2D eigenvalue weighted by molar-refractivity contribution is 0.162. The molecular weight excluding hydrogens is 256 g/mol. The van der Waals surface area contributed by atoms with Gasteiger partial charge in [-0.15, -0.1) is 13.2 Å². The number of hydrogen-bond donors (Lipinski definition) is 1. The van der Waals surface area contributed by atoms with Crippen molar-refractivity contribution in [3.05, 3.63) is 43.5 Å². The standard InChI is InChI=1S/C6H6O4S.C4H10O.C2H4/c7-11(8,9)10-6-4-2-1-3-5-6;1-3-5-4-2;1-2/h1-5H,(H,7,8,9);3-4H2,1-2H3;1-2H2. The number of para-hydroxylation sites is 1. The van der Waals surface area contributed by atoms with E-state index in [1.807, 2.05) is 13.8 Å². The Morgan fingerprint density at radius 1 is 1.11 bits per heavy atom. The summed E-state index contributed by atoms with van der Waals surface area (Å²) in [6.45, 7) is 11.7. The summed E-state index contributed by atoms with van der Waals surface area (Å²) in [5.41, 5.74) is 0. The van der Waals surface area contributed by atoms with Crippen LogP contribution in [0.15, 0.2) is 43.5 Å². The minimum atomic E-state index is -4.38. The van der Waals surface area contributed by atoms with E-state index in [9.17, 15) is 8.42 Å². The lowest BCUT2D eigenvalue weighted by atomic mass is 10.3. The van der Waals surface area contributed by atoms with Crippen LogP contribution in [0.3, 0.4) is 0 Å². The van der Waals surface area contributed by atoms with Crippen LogP contribution in [0.2, 0.25) is 0 Å². The molecule has 104 valence electrons. The van der Waals surface area contributed by atoms with E-state index in [0.29, 0.717) is 0 Å². The van der Waals surface area contributed by atoms with Crippen molar-refractivity contribution in [3.63, 3.8) is 0 Å². The van der Waals surface area contributed by atoms with Crippen molar-refractivity contribution in [2.24, 2.45) is 0 Å². The maximum Gasteiger partial charge on any atom is 0.446 e. The first-order valence-corrected chi connectivity index (χ1v) is 6.65. The molecule has 1 rings (SSSR count). The van der Waals surface area contributed by atoms with Crippen molar-refractivity contribution in [2.75, 3.05) is 13.2 Å². The second-order valence-corrected chi connectivity index (χ2v) is 3.63. The summed E-state index contributed by atoms with van der Waals surface area (Å²) in [6.07, 6.45) is 0. The normalized spacial score (nSPS) is 9.28. The molecule has 0 saturated heterocycles. The predicted octanol–water partition coefficient (Wildman–Crippen LogP) is 2.71. The van der Waals surface area contributed by atoms with E-state index in [0.717, 1.165) is 13.2 Å². The van der Waals surface area contributed by atoms with Gasteiger partial charge in [-0.1, -0.05) is 18.2 Å². The predicted molar refractivity (Wildman–Crippen MR) is 72.0 cm³/mol. The van der Waals surface area contributed by atoms with Crippen molar-refractivity contribution >= 4 is 10.4 Å². The molecular formula is C12H20O5S. The molecule has 0 unspecified atom stereocenters. The molecule has 0 aliphatic rings. The summed E-state index contributed by atoms with van der Waals surface area (Å²) >= 11 is 0. The fourth-order valence-corrected chi connectivity index (χ4v) is 1.16. The van der Waals surface area contributed by atoms with Crippen LogP contribution in [0.5, 0.6) is 5.75 Å². The molecule has 0 radical (unpaired) electrons.